The fourth-order valence-electron chi connectivity index (χ4n) is 3.74. The summed E-state index contributed by atoms with van der Waals surface area (Å²) in [6.45, 7) is 7.46. The van der Waals surface area contributed by atoms with Crippen molar-refractivity contribution in [3.8, 4) is 0 Å². The van der Waals surface area contributed by atoms with Crippen molar-refractivity contribution in [1.82, 2.24) is 5.32 Å². The van der Waals surface area contributed by atoms with E-state index in [4.69, 9.17) is 0 Å². The van der Waals surface area contributed by atoms with Crippen LogP contribution in [0.15, 0.2) is 18.2 Å². The third-order valence-electron chi connectivity index (χ3n) is 4.86. The molecule has 3 unspecified atom stereocenters. The van der Waals surface area contributed by atoms with Crippen molar-refractivity contribution in [1.29, 1.82) is 0 Å². The first kappa shape index (κ1) is 15.5. The number of rotatable bonds is 5. The van der Waals surface area contributed by atoms with Crippen molar-refractivity contribution in [3.63, 3.8) is 0 Å². The minimum Gasteiger partial charge on any atom is -0.310 e. The van der Waals surface area contributed by atoms with Gasteiger partial charge >= 0.3 is 0 Å². The van der Waals surface area contributed by atoms with E-state index in [2.05, 4.69) is 19.2 Å². The molecule has 1 aliphatic rings. The molecule has 1 nitrogen and oxygen atoms in total. The molecule has 0 saturated heterocycles. The molecule has 0 aliphatic heterocycles. The second-order valence-electron chi connectivity index (χ2n) is 6.24. The van der Waals surface area contributed by atoms with E-state index in [1.54, 1.807) is 12.1 Å². The number of aryl methyl sites for hydroxylation is 1. The summed E-state index contributed by atoms with van der Waals surface area (Å²) < 4.78 is 13.3. The molecule has 2 rings (SSSR count). The van der Waals surface area contributed by atoms with Gasteiger partial charge in [-0.3, -0.25) is 0 Å². The lowest BCUT2D eigenvalue weighted by molar-refractivity contribution is 0.210. The van der Waals surface area contributed by atoms with Gasteiger partial charge in [-0.2, -0.15) is 0 Å². The molecule has 1 aromatic rings. The summed E-state index contributed by atoms with van der Waals surface area (Å²) >= 11 is 0. The van der Waals surface area contributed by atoms with Gasteiger partial charge in [-0.05, 0) is 61.4 Å². The van der Waals surface area contributed by atoms with Crippen LogP contribution in [0.1, 0.15) is 63.1 Å². The number of benzene rings is 1. The van der Waals surface area contributed by atoms with Crippen molar-refractivity contribution < 1.29 is 4.39 Å². The molecule has 1 aromatic carbocycles. The Kier molecular flexibility index (Phi) is 5.59. The molecule has 1 saturated carbocycles. The summed E-state index contributed by atoms with van der Waals surface area (Å²) in [5.41, 5.74) is 2.37. The zero-order chi connectivity index (χ0) is 14.5. The van der Waals surface area contributed by atoms with Crippen LogP contribution in [0.4, 0.5) is 4.39 Å². The van der Waals surface area contributed by atoms with Gasteiger partial charge in [0.25, 0.3) is 0 Å². The van der Waals surface area contributed by atoms with Crippen LogP contribution in [-0.4, -0.2) is 6.54 Å². The first-order chi connectivity index (χ1) is 9.65. The first-order valence-electron chi connectivity index (χ1n) is 8.15. The molecule has 0 spiro atoms. The summed E-state index contributed by atoms with van der Waals surface area (Å²) in [7, 11) is 0. The van der Waals surface area contributed by atoms with E-state index in [0.29, 0.717) is 12.0 Å². The summed E-state index contributed by atoms with van der Waals surface area (Å²) in [6.07, 6.45) is 6.62. The highest BCUT2D eigenvalue weighted by atomic mass is 19.1. The maximum atomic E-state index is 13.3. The van der Waals surface area contributed by atoms with Crippen LogP contribution >= 0.6 is 0 Å². The van der Waals surface area contributed by atoms with Gasteiger partial charge in [0, 0.05) is 6.04 Å². The molecular weight excluding hydrogens is 249 g/mol. The van der Waals surface area contributed by atoms with E-state index in [9.17, 15) is 4.39 Å². The smallest absolute Gasteiger partial charge is 0.123 e. The van der Waals surface area contributed by atoms with Gasteiger partial charge in [-0.25, -0.2) is 4.39 Å². The molecule has 1 fully saturated rings. The van der Waals surface area contributed by atoms with Crippen LogP contribution in [0.25, 0.3) is 0 Å². The van der Waals surface area contributed by atoms with Gasteiger partial charge in [-0.1, -0.05) is 39.2 Å². The van der Waals surface area contributed by atoms with Crippen LogP contribution in [-0.2, 0) is 0 Å². The third-order valence-corrected chi connectivity index (χ3v) is 4.86. The molecule has 20 heavy (non-hydrogen) atoms. The molecule has 0 heterocycles. The van der Waals surface area contributed by atoms with Crippen molar-refractivity contribution in [3.05, 3.63) is 35.1 Å². The molecule has 0 radical (unpaired) electrons. The quantitative estimate of drug-likeness (QED) is 0.798. The van der Waals surface area contributed by atoms with E-state index in [1.807, 2.05) is 13.0 Å². The fourth-order valence-corrected chi connectivity index (χ4v) is 3.74. The minimum atomic E-state index is -0.128. The highest BCUT2D eigenvalue weighted by Gasteiger charge is 2.29. The van der Waals surface area contributed by atoms with Crippen molar-refractivity contribution in [2.45, 2.75) is 58.9 Å². The number of hydrogen-bond donors (Lipinski definition) is 1. The predicted molar refractivity (Wildman–Crippen MR) is 83.3 cm³/mol. The lowest BCUT2D eigenvalue weighted by Gasteiger charge is -2.35. The fraction of sp³-hybridized carbons (Fsp3) is 0.667. The van der Waals surface area contributed by atoms with E-state index in [1.165, 1.54) is 37.7 Å². The highest BCUT2D eigenvalue weighted by Crippen LogP contribution is 2.39. The highest BCUT2D eigenvalue weighted by molar-refractivity contribution is 5.30. The van der Waals surface area contributed by atoms with Crippen LogP contribution in [0.3, 0.4) is 0 Å². The van der Waals surface area contributed by atoms with Gasteiger partial charge in [-0.15, -0.1) is 0 Å². The Labute approximate surface area is 123 Å². The molecule has 0 bridgehead atoms. The number of hydrogen-bond acceptors (Lipinski definition) is 1. The Hall–Kier alpha value is -0.890. The summed E-state index contributed by atoms with van der Waals surface area (Å²) in [6, 6.07) is 5.63. The summed E-state index contributed by atoms with van der Waals surface area (Å²) in [5.74, 6) is 1.44. The van der Waals surface area contributed by atoms with E-state index in [-0.39, 0.29) is 5.82 Å². The van der Waals surface area contributed by atoms with E-state index >= 15 is 0 Å². The van der Waals surface area contributed by atoms with Crippen molar-refractivity contribution >= 4 is 0 Å². The normalized spacial score (nSPS) is 24.6. The third kappa shape index (κ3) is 3.60. The molecule has 1 aliphatic carbocycles. The predicted octanol–water partition coefficient (Wildman–Crippen LogP) is 5.00. The van der Waals surface area contributed by atoms with Crippen LogP contribution < -0.4 is 5.32 Å². The van der Waals surface area contributed by atoms with Crippen LogP contribution in [0.2, 0.25) is 0 Å². The van der Waals surface area contributed by atoms with Crippen LogP contribution in [0.5, 0.6) is 0 Å². The Morgan fingerprint density at radius 1 is 1.30 bits per heavy atom. The Morgan fingerprint density at radius 2 is 2.10 bits per heavy atom. The average molecular weight is 277 g/mol. The second kappa shape index (κ2) is 7.21. The Morgan fingerprint density at radius 3 is 2.75 bits per heavy atom. The number of halogens is 1. The molecule has 2 heteroatoms. The Balaban J connectivity index is 2.21. The van der Waals surface area contributed by atoms with Gasteiger partial charge in [0.2, 0.25) is 0 Å². The van der Waals surface area contributed by atoms with Crippen LogP contribution in [0, 0.1) is 24.6 Å². The van der Waals surface area contributed by atoms with Gasteiger partial charge in [0.1, 0.15) is 5.82 Å². The van der Waals surface area contributed by atoms with Crippen molar-refractivity contribution in [2.75, 3.05) is 6.54 Å². The molecule has 112 valence electrons. The largest absolute Gasteiger partial charge is 0.310 e. The molecule has 0 aromatic heterocycles. The van der Waals surface area contributed by atoms with E-state index < -0.39 is 0 Å². The lowest BCUT2D eigenvalue weighted by Crippen LogP contribution is -2.32. The van der Waals surface area contributed by atoms with Gasteiger partial charge < -0.3 is 5.32 Å². The van der Waals surface area contributed by atoms with Gasteiger partial charge in [0.05, 0.1) is 0 Å². The molecule has 0 amide bonds. The van der Waals surface area contributed by atoms with Crippen molar-refractivity contribution in [2.24, 2.45) is 11.8 Å². The van der Waals surface area contributed by atoms with Gasteiger partial charge in [0.15, 0.2) is 0 Å². The minimum absolute atomic E-state index is 0.128. The first-order valence-corrected chi connectivity index (χ1v) is 8.15. The maximum Gasteiger partial charge on any atom is 0.123 e. The zero-order valence-electron chi connectivity index (χ0n) is 13.1. The monoisotopic (exact) mass is 277 g/mol. The molecular formula is C18H28FN. The second-order valence-corrected chi connectivity index (χ2v) is 6.24. The SMILES string of the molecule is CCNC(c1ccc(F)cc1C)C1CCCC(CC)C1. The number of nitrogens with one attached hydrogen (secondary N) is 1. The molecule has 3 atom stereocenters. The maximum absolute atomic E-state index is 13.3. The lowest BCUT2D eigenvalue weighted by atomic mass is 9.74. The summed E-state index contributed by atoms with van der Waals surface area (Å²) in [4.78, 5) is 0. The van der Waals surface area contributed by atoms with E-state index in [0.717, 1.165) is 18.0 Å². The average Bonchev–Trinajstić information content (AvgIpc) is 2.45. The summed E-state index contributed by atoms with van der Waals surface area (Å²) in [5, 5.41) is 3.65. The Bertz CT molecular complexity index is 429. The topological polar surface area (TPSA) is 12.0 Å². The zero-order valence-corrected chi connectivity index (χ0v) is 13.1. The standard InChI is InChI=1S/C18H28FN/c1-4-14-7-6-8-15(12-14)18(20-5-2)17-10-9-16(19)11-13(17)3/h9-11,14-15,18,20H,4-8,12H2,1-3H3. The molecule has 1 N–H and O–H groups in total.